The van der Waals surface area contributed by atoms with E-state index in [2.05, 4.69) is 27.1 Å². The molecule has 1 aromatic heterocycles. The maximum atomic E-state index is 4.42. The van der Waals surface area contributed by atoms with Gasteiger partial charge in [-0.2, -0.15) is 0 Å². The van der Waals surface area contributed by atoms with Crippen molar-refractivity contribution in [1.82, 2.24) is 20.2 Å². The van der Waals surface area contributed by atoms with E-state index in [4.69, 9.17) is 0 Å². The fourth-order valence-corrected chi connectivity index (χ4v) is 2.68. The molecule has 1 aromatic rings. The predicted octanol–water partition coefficient (Wildman–Crippen LogP) is 1.61. The van der Waals surface area contributed by atoms with E-state index in [1.54, 1.807) is 12.4 Å². The highest BCUT2D eigenvalue weighted by Gasteiger charge is 2.27. The van der Waals surface area contributed by atoms with Gasteiger partial charge in [0.2, 0.25) is 0 Å². The molecule has 1 N–H and O–H groups in total. The van der Waals surface area contributed by atoms with Crippen LogP contribution in [0.4, 0.5) is 0 Å². The number of hydrogen-bond acceptors (Lipinski definition) is 4. The van der Waals surface area contributed by atoms with Gasteiger partial charge in [-0.1, -0.05) is 6.42 Å². The molecule has 0 aromatic carbocycles. The van der Waals surface area contributed by atoms with Crippen molar-refractivity contribution < 1.29 is 0 Å². The molecule has 1 saturated heterocycles. The van der Waals surface area contributed by atoms with E-state index < -0.39 is 0 Å². The van der Waals surface area contributed by atoms with E-state index in [0.29, 0.717) is 12.1 Å². The average Bonchev–Trinajstić information content (AvgIpc) is 2.40. The zero-order valence-electron chi connectivity index (χ0n) is 10.8. The molecule has 4 nitrogen and oxygen atoms in total. The van der Waals surface area contributed by atoms with Crippen LogP contribution in [0.15, 0.2) is 18.6 Å². The summed E-state index contributed by atoms with van der Waals surface area (Å²) in [6.45, 7) is 4.46. The van der Waals surface area contributed by atoms with Crippen LogP contribution < -0.4 is 5.32 Å². The van der Waals surface area contributed by atoms with Crippen molar-refractivity contribution in [3.8, 4) is 0 Å². The Kier molecular flexibility index (Phi) is 4.45. The van der Waals surface area contributed by atoms with Gasteiger partial charge in [0, 0.05) is 31.2 Å². The zero-order chi connectivity index (χ0) is 12.1. The summed E-state index contributed by atoms with van der Waals surface area (Å²) in [5.74, 6) is 0. The number of nitrogens with one attached hydrogen (secondary N) is 1. The highest BCUT2D eigenvalue weighted by atomic mass is 15.2. The first-order chi connectivity index (χ1) is 8.33. The summed E-state index contributed by atoms with van der Waals surface area (Å²) in [5.41, 5.74) is 1.08. The Morgan fingerprint density at radius 3 is 3.06 bits per heavy atom. The van der Waals surface area contributed by atoms with Gasteiger partial charge in [0.05, 0.1) is 11.7 Å². The van der Waals surface area contributed by atoms with E-state index >= 15 is 0 Å². The molecule has 1 aliphatic heterocycles. The lowest BCUT2D eigenvalue weighted by Crippen LogP contribution is -2.46. The van der Waals surface area contributed by atoms with Crippen LogP contribution in [0.25, 0.3) is 0 Å². The van der Waals surface area contributed by atoms with Gasteiger partial charge in [-0.05, 0) is 33.4 Å². The zero-order valence-corrected chi connectivity index (χ0v) is 10.8. The molecular weight excluding hydrogens is 212 g/mol. The summed E-state index contributed by atoms with van der Waals surface area (Å²) in [6, 6.07) is 0.994. The van der Waals surface area contributed by atoms with Gasteiger partial charge in [0.25, 0.3) is 0 Å². The van der Waals surface area contributed by atoms with Crippen molar-refractivity contribution in [2.75, 3.05) is 20.1 Å². The molecule has 0 aliphatic carbocycles. The number of hydrogen-bond donors (Lipinski definition) is 1. The first kappa shape index (κ1) is 12.5. The normalized spacial score (nSPS) is 23.5. The molecule has 94 valence electrons. The lowest BCUT2D eigenvalue weighted by Gasteiger charge is -2.39. The fraction of sp³-hybridized carbons (Fsp3) is 0.692. The summed E-state index contributed by atoms with van der Waals surface area (Å²) in [6.07, 6.45) is 9.32. The van der Waals surface area contributed by atoms with Crippen LogP contribution in [0.1, 0.15) is 37.9 Å². The molecule has 0 amide bonds. The number of likely N-dealkylation sites (tertiary alicyclic amines) is 1. The SMILES string of the molecule is CNCC1CCCCN1C(C)c1cnccn1. The Balaban J connectivity index is 2.08. The third-order valence-corrected chi connectivity index (χ3v) is 3.62. The van der Waals surface area contributed by atoms with Crippen LogP contribution >= 0.6 is 0 Å². The van der Waals surface area contributed by atoms with Gasteiger partial charge in [-0.3, -0.25) is 14.9 Å². The number of rotatable bonds is 4. The van der Waals surface area contributed by atoms with Crippen LogP contribution in [0.2, 0.25) is 0 Å². The van der Waals surface area contributed by atoms with E-state index in [9.17, 15) is 0 Å². The molecule has 4 heteroatoms. The summed E-state index contributed by atoms with van der Waals surface area (Å²) < 4.78 is 0. The summed E-state index contributed by atoms with van der Waals surface area (Å²) >= 11 is 0. The van der Waals surface area contributed by atoms with Crippen molar-refractivity contribution in [2.45, 2.75) is 38.3 Å². The van der Waals surface area contributed by atoms with Crippen molar-refractivity contribution in [3.05, 3.63) is 24.3 Å². The third kappa shape index (κ3) is 3.01. The van der Waals surface area contributed by atoms with Gasteiger partial charge >= 0.3 is 0 Å². The highest BCUT2D eigenvalue weighted by molar-refractivity contribution is 5.02. The average molecular weight is 234 g/mol. The summed E-state index contributed by atoms with van der Waals surface area (Å²) in [5, 5.41) is 3.30. The lowest BCUT2D eigenvalue weighted by molar-refractivity contribution is 0.101. The van der Waals surface area contributed by atoms with E-state index in [1.807, 2.05) is 13.2 Å². The number of likely N-dealkylation sites (N-methyl/N-ethyl adjacent to an activating group) is 1. The minimum atomic E-state index is 0.363. The van der Waals surface area contributed by atoms with E-state index in [0.717, 1.165) is 12.2 Å². The number of nitrogens with zero attached hydrogens (tertiary/aromatic N) is 3. The van der Waals surface area contributed by atoms with E-state index in [1.165, 1.54) is 25.8 Å². The third-order valence-electron chi connectivity index (χ3n) is 3.62. The van der Waals surface area contributed by atoms with Crippen LogP contribution in [0, 0.1) is 0 Å². The summed E-state index contributed by atoms with van der Waals surface area (Å²) in [4.78, 5) is 11.2. The first-order valence-electron chi connectivity index (χ1n) is 6.49. The number of aromatic nitrogens is 2. The maximum absolute atomic E-state index is 4.42. The lowest BCUT2D eigenvalue weighted by atomic mass is 9.99. The molecule has 0 radical (unpaired) electrons. The van der Waals surface area contributed by atoms with Gasteiger partial charge < -0.3 is 5.32 Å². The molecular formula is C13H22N4. The number of piperidine rings is 1. The Hall–Kier alpha value is -1.00. The second-order valence-electron chi connectivity index (χ2n) is 4.75. The standard InChI is InChI=1S/C13H22N4/c1-11(13-10-15-6-7-16-13)17-8-4-3-5-12(17)9-14-2/h6-7,10-12,14H,3-5,8-9H2,1-2H3. The van der Waals surface area contributed by atoms with Crippen LogP contribution in [-0.4, -0.2) is 41.0 Å². The highest BCUT2D eigenvalue weighted by Crippen LogP contribution is 2.26. The minimum Gasteiger partial charge on any atom is -0.318 e. The monoisotopic (exact) mass is 234 g/mol. The van der Waals surface area contributed by atoms with Crippen LogP contribution in [0.3, 0.4) is 0 Å². The van der Waals surface area contributed by atoms with Crippen LogP contribution in [-0.2, 0) is 0 Å². The molecule has 0 spiro atoms. The quantitative estimate of drug-likeness (QED) is 0.859. The van der Waals surface area contributed by atoms with Crippen LogP contribution in [0.5, 0.6) is 0 Å². The fourth-order valence-electron chi connectivity index (χ4n) is 2.68. The maximum Gasteiger partial charge on any atom is 0.0755 e. The Morgan fingerprint density at radius 1 is 1.47 bits per heavy atom. The van der Waals surface area contributed by atoms with Gasteiger partial charge in [-0.15, -0.1) is 0 Å². The van der Waals surface area contributed by atoms with Crippen molar-refractivity contribution in [3.63, 3.8) is 0 Å². The van der Waals surface area contributed by atoms with Gasteiger partial charge in [-0.25, -0.2) is 0 Å². The molecule has 2 heterocycles. The van der Waals surface area contributed by atoms with Crippen molar-refractivity contribution >= 4 is 0 Å². The van der Waals surface area contributed by atoms with Crippen molar-refractivity contribution in [1.29, 1.82) is 0 Å². The Labute approximate surface area is 103 Å². The molecule has 17 heavy (non-hydrogen) atoms. The molecule has 1 aliphatic rings. The largest absolute Gasteiger partial charge is 0.318 e. The van der Waals surface area contributed by atoms with Crippen molar-refractivity contribution in [2.24, 2.45) is 0 Å². The molecule has 2 atom stereocenters. The Bertz CT molecular complexity index is 325. The predicted molar refractivity (Wildman–Crippen MR) is 68.7 cm³/mol. The van der Waals surface area contributed by atoms with E-state index in [-0.39, 0.29) is 0 Å². The first-order valence-corrected chi connectivity index (χ1v) is 6.49. The molecule has 2 rings (SSSR count). The Morgan fingerprint density at radius 2 is 2.35 bits per heavy atom. The molecule has 2 unspecified atom stereocenters. The molecule has 0 saturated carbocycles. The molecule has 1 fully saturated rings. The summed E-state index contributed by atoms with van der Waals surface area (Å²) in [7, 11) is 2.03. The molecule has 0 bridgehead atoms. The van der Waals surface area contributed by atoms with Gasteiger partial charge in [0.15, 0.2) is 0 Å². The topological polar surface area (TPSA) is 41.0 Å². The van der Waals surface area contributed by atoms with Gasteiger partial charge in [0.1, 0.15) is 0 Å². The second kappa shape index (κ2) is 6.07. The second-order valence-corrected chi connectivity index (χ2v) is 4.75. The minimum absolute atomic E-state index is 0.363. The smallest absolute Gasteiger partial charge is 0.0755 e.